The zero-order valence-electron chi connectivity index (χ0n) is 19.9. The molecule has 3 fully saturated rings. The minimum atomic E-state index is -0.401. The Hall–Kier alpha value is -2.13. The number of β-amino-alcohol motifs (C(OH)–C–C–N with tert-alkyl or cyclic N) is 1. The number of hydrogen-bond donors (Lipinski definition) is 2. The molecule has 1 aromatic carbocycles. The van der Waals surface area contributed by atoms with Crippen LogP contribution in [0.15, 0.2) is 30.6 Å². The summed E-state index contributed by atoms with van der Waals surface area (Å²) in [6.45, 7) is 7.12. The number of nitrogens with one attached hydrogen (secondary N) is 1. The molecule has 8 nitrogen and oxygen atoms in total. The van der Waals surface area contributed by atoms with Crippen LogP contribution in [0, 0.1) is 11.8 Å². The summed E-state index contributed by atoms with van der Waals surface area (Å²) in [5.74, 6) is 3.66. The van der Waals surface area contributed by atoms with Crippen molar-refractivity contribution in [2.75, 3.05) is 42.9 Å². The lowest BCUT2D eigenvalue weighted by atomic mass is 9.80. The molecule has 0 radical (unpaired) electrons. The van der Waals surface area contributed by atoms with Gasteiger partial charge in [-0.15, -0.1) is 0 Å². The third kappa shape index (κ3) is 4.81. The monoisotopic (exact) mass is 515 g/mol. The van der Waals surface area contributed by atoms with Gasteiger partial charge in [0.15, 0.2) is 0 Å². The van der Waals surface area contributed by atoms with Crippen molar-refractivity contribution in [1.82, 2.24) is 24.5 Å². The standard InChI is InChI=1S/C25H31Cl2N7O/c1-16(20-5-4-19(26)9-21(20)27)30-23-10-22(31-24-28-15-29-34(23)24)33-12-18(13-33)17-3-2-8-32(11-17)14-25(35)6-7-25/h4-5,9-10,15-18,30,35H,2-3,6-8,11-14H2,1H3/t16-,17+/m1/s1. The number of likely N-dealkylation sites (tertiary alicyclic amines) is 1. The molecule has 4 heterocycles. The van der Waals surface area contributed by atoms with Crippen molar-refractivity contribution < 1.29 is 5.11 Å². The highest BCUT2D eigenvalue weighted by Crippen LogP contribution is 2.39. The van der Waals surface area contributed by atoms with Crippen LogP contribution in [0.5, 0.6) is 0 Å². The van der Waals surface area contributed by atoms with E-state index in [1.165, 1.54) is 19.2 Å². The van der Waals surface area contributed by atoms with Crippen LogP contribution >= 0.6 is 23.2 Å². The van der Waals surface area contributed by atoms with Crippen LogP contribution in [-0.2, 0) is 0 Å². The summed E-state index contributed by atoms with van der Waals surface area (Å²) in [6, 6.07) is 7.55. The van der Waals surface area contributed by atoms with Gasteiger partial charge in [0.05, 0.1) is 11.6 Å². The molecule has 6 rings (SSSR count). The van der Waals surface area contributed by atoms with Crippen molar-refractivity contribution in [3.63, 3.8) is 0 Å². The van der Waals surface area contributed by atoms with Crippen LogP contribution < -0.4 is 10.2 Å². The Morgan fingerprint density at radius 2 is 2.00 bits per heavy atom. The van der Waals surface area contributed by atoms with Crippen molar-refractivity contribution in [2.24, 2.45) is 11.8 Å². The summed E-state index contributed by atoms with van der Waals surface area (Å²) in [5.41, 5.74) is 0.562. The summed E-state index contributed by atoms with van der Waals surface area (Å²) in [5, 5.41) is 19.5. The average Bonchev–Trinajstić information content (AvgIpc) is 3.31. The highest BCUT2D eigenvalue weighted by Gasteiger charge is 2.43. The fourth-order valence-corrected chi connectivity index (χ4v) is 6.13. The van der Waals surface area contributed by atoms with Crippen LogP contribution in [-0.4, -0.2) is 67.9 Å². The van der Waals surface area contributed by atoms with Gasteiger partial charge in [-0.2, -0.15) is 19.6 Å². The number of aliphatic hydroxyl groups is 1. The van der Waals surface area contributed by atoms with Crippen molar-refractivity contribution >= 4 is 40.6 Å². The normalized spacial score (nSPS) is 23.3. The van der Waals surface area contributed by atoms with Crippen LogP contribution in [0.25, 0.3) is 5.78 Å². The number of piperidine rings is 1. The van der Waals surface area contributed by atoms with Crippen molar-refractivity contribution in [3.8, 4) is 0 Å². The molecular formula is C25H31Cl2N7O. The number of hydrogen-bond acceptors (Lipinski definition) is 7. The van der Waals surface area contributed by atoms with E-state index in [0.717, 1.165) is 62.8 Å². The lowest BCUT2D eigenvalue weighted by Crippen LogP contribution is -2.54. The van der Waals surface area contributed by atoms with Crippen LogP contribution in [0.4, 0.5) is 11.6 Å². The van der Waals surface area contributed by atoms with Gasteiger partial charge in [-0.25, -0.2) is 0 Å². The first-order valence-electron chi connectivity index (χ1n) is 12.5. The molecule has 0 unspecified atom stereocenters. The van der Waals surface area contributed by atoms with Gasteiger partial charge >= 0.3 is 0 Å². The molecule has 2 aromatic heterocycles. The number of nitrogens with zero attached hydrogens (tertiary/aromatic N) is 6. The van der Waals surface area contributed by atoms with Gasteiger partial charge in [-0.3, -0.25) is 0 Å². The van der Waals surface area contributed by atoms with E-state index >= 15 is 0 Å². The molecule has 10 heteroatoms. The Kier molecular flexibility index (Phi) is 6.03. The first-order valence-corrected chi connectivity index (χ1v) is 13.2. The smallest absolute Gasteiger partial charge is 0.256 e. The van der Waals surface area contributed by atoms with Gasteiger partial charge in [0.2, 0.25) is 0 Å². The van der Waals surface area contributed by atoms with Crippen LogP contribution in [0.1, 0.15) is 44.2 Å². The quantitative estimate of drug-likeness (QED) is 0.485. The van der Waals surface area contributed by atoms with Crippen LogP contribution in [0.2, 0.25) is 10.0 Å². The van der Waals surface area contributed by atoms with Gasteiger partial charge in [0, 0.05) is 42.3 Å². The number of rotatable bonds is 7. The molecule has 0 amide bonds. The fourth-order valence-electron chi connectivity index (χ4n) is 5.55. The van der Waals surface area contributed by atoms with Gasteiger partial charge < -0.3 is 20.2 Å². The fraction of sp³-hybridized carbons (Fsp3) is 0.560. The molecule has 2 N–H and O–H groups in total. The summed E-state index contributed by atoms with van der Waals surface area (Å²) in [6.07, 6.45) is 5.94. The first kappa shape index (κ1) is 23.3. The van der Waals surface area contributed by atoms with E-state index in [4.69, 9.17) is 28.2 Å². The molecule has 0 spiro atoms. The van der Waals surface area contributed by atoms with Gasteiger partial charge in [-0.05, 0) is 68.7 Å². The lowest BCUT2D eigenvalue weighted by Gasteiger charge is -2.47. The van der Waals surface area contributed by atoms with Crippen molar-refractivity contribution in [1.29, 1.82) is 0 Å². The Labute approximate surface area is 215 Å². The molecule has 3 aromatic rings. The zero-order chi connectivity index (χ0) is 24.2. The maximum absolute atomic E-state index is 10.3. The minimum absolute atomic E-state index is 0.0546. The number of halogens is 2. The lowest BCUT2D eigenvalue weighted by molar-refractivity contribution is 0.0523. The topological polar surface area (TPSA) is 81.8 Å². The minimum Gasteiger partial charge on any atom is -0.389 e. The number of benzene rings is 1. The second kappa shape index (κ2) is 9.07. The number of anilines is 2. The second-order valence-electron chi connectivity index (χ2n) is 10.5. The van der Waals surface area contributed by atoms with E-state index in [2.05, 4.69) is 32.1 Å². The molecule has 186 valence electrons. The molecule has 3 aliphatic rings. The predicted molar refractivity (Wildman–Crippen MR) is 138 cm³/mol. The molecule has 1 aliphatic carbocycles. The third-order valence-electron chi connectivity index (χ3n) is 7.82. The van der Waals surface area contributed by atoms with E-state index in [1.807, 2.05) is 18.2 Å². The van der Waals surface area contributed by atoms with Crippen molar-refractivity contribution in [3.05, 3.63) is 46.2 Å². The average molecular weight is 516 g/mol. The van der Waals surface area contributed by atoms with E-state index in [-0.39, 0.29) is 6.04 Å². The number of fused-ring (bicyclic) bond motifs is 1. The summed E-state index contributed by atoms with van der Waals surface area (Å²) >= 11 is 12.5. The van der Waals surface area contributed by atoms with E-state index in [1.54, 1.807) is 10.6 Å². The third-order valence-corrected chi connectivity index (χ3v) is 8.38. The predicted octanol–water partition coefficient (Wildman–Crippen LogP) is 4.28. The Morgan fingerprint density at radius 3 is 2.77 bits per heavy atom. The Balaban J connectivity index is 1.14. The van der Waals surface area contributed by atoms with E-state index in [9.17, 15) is 5.11 Å². The molecule has 0 bridgehead atoms. The SMILES string of the molecule is C[C@@H](Nc1cc(N2CC([C@H]3CCCN(CC4(O)CC4)C3)C2)nc2ncnn12)c1ccc(Cl)cc1Cl. The maximum Gasteiger partial charge on any atom is 0.256 e. The molecule has 2 atom stereocenters. The molecule has 1 saturated carbocycles. The summed E-state index contributed by atoms with van der Waals surface area (Å²) < 4.78 is 1.72. The van der Waals surface area contributed by atoms with Gasteiger partial charge in [0.25, 0.3) is 5.78 Å². The molecule has 2 aliphatic heterocycles. The van der Waals surface area contributed by atoms with E-state index < -0.39 is 5.60 Å². The first-order chi connectivity index (χ1) is 16.9. The Morgan fingerprint density at radius 1 is 1.17 bits per heavy atom. The Bertz CT molecular complexity index is 1220. The molecule has 2 saturated heterocycles. The second-order valence-corrected chi connectivity index (χ2v) is 11.4. The van der Waals surface area contributed by atoms with Gasteiger partial charge in [0.1, 0.15) is 18.0 Å². The largest absolute Gasteiger partial charge is 0.389 e. The maximum atomic E-state index is 10.3. The summed E-state index contributed by atoms with van der Waals surface area (Å²) in [4.78, 5) is 13.9. The van der Waals surface area contributed by atoms with Crippen LogP contribution in [0.3, 0.4) is 0 Å². The zero-order valence-corrected chi connectivity index (χ0v) is 21.4. The highest BCUT2D eigenvalue weighted by molar-refractivity contribution is 6.35. The number of aromatic nitrogens is 4. The van der Waals surface area contributed by atoms with Gasteiger partial charge in [-0.1, -0.05) is 29.3 Å². The summed E-state index contributed by atoms with van der Waals surface area (Å²) in [7, 11) is 0. The van der Waals surface area contributed by atoms with Crippen molar-refractivity contribution in [2.45, 2.75) is 44.2 Å². The molecular weight excluding hydrogens is 485 g/mol. The molecule has 35 heavy (non-hydrogen) atoms. The highest BCUT2D eigenvalue weighted by atomic mass is 35.5. The van der Waals surface area contributed by atoms with E-state index in [0.29, 0.717) is 27.7 Å².